The topological polar surface area (TPSA) is 24.9 Å². The Hall–Kier alpha value is -0.930. The van der Waals surface area contributed by atoms with Gasteiger partial charge in [0.25, 0.3) is 0 Å². The van der Waals surface area contributed by atoms with E-state index in [1.807, 2.05) is 11.3 Å². The van der Waals surface area contributed by atoms with Crippen molar-refractivity contribution in [3.63, 3.8) is 0 Å². The van der Waals surface area contributed by atoms with E-state index in [0.29, 0.717) is 0 Å². The lowest BCUT2D eigenvalue weighted by Crippen LogP contribution is -2.16. The molecule has 3 heteroatoms. The number of aryl methyl sites for hydroxylation is 1. The van der Waals surface area contributed by atoms with Crippen LogP contribution in [0, 0.1) is 6.92 Å². The van der Waals surface area contributed by atoms with Gasteiger partial charge in [-0.1, -0.05) is 6.07 Å². The molecule has 0 amide bonds. The molecule has 1 aliphatic rings. The lowest BCUT2D eigenvalue weighted by Gasteiger charge is -2.04. The summed E-state index contributed by atoms with van der Waals surface area (Å²) in [5.74, 6) is 0. The van der Waals surface area contributed by atoms with E-state index in [-0.39, 0.29) is 0 Å². The van der Waals surface area contributed by atoms with Crippen LogP contribution in [-0.2, 0) is 12.8 Å². The largest absolute Gasteiger partial charge is 0.316 e. The highest BCUT2D eigenvalue weighted by Crippen LogP contribution is 2.29. The van der Waals surface area contributed by atoms with Gasteiger partial charge in [0.15, 0.2) is 0 Å². The van der Waals surface area contributed by atoms with Gasteiger partial charge in [-0.25, -0.2) is 4.98 Å². The fourth-order valence-electron chi connectivity index (χ4n) is 2.27. The van der Waals surface area contributed by atoms with Crippen molar-refractivity contribution in [3.8, 4) is 0 Å². The van der Waals surface area contributed by atoms with Crippen LogP contribution in [-0.4, -0.2) is 18.1 Å². The van der Waals surface area contributed by atoms with Crippen LogP contribution in [0.25, 0.3) is 10.2 Å². The number of rotatable bonds is 0. The maximum Gasteiger partial charge on any atom is 0.0907 e. The van der Waals surface area contributed by atoms with Crippen molar-refractivity contribution in [3.05, 3.63) is 28.3 Å². The van der Waals surface area contributed by atoms with Gasteiger partial charge in [-0.3, -0.25) is 0 Å². The zero-order valence-electron chi connectivity index (χ0n) is 8.84. The van der Waals surface area contributed by atoms with Crippen molar-refractivity contribution in [1.29, 1.82) is 0 Å². The summed E-state index contributed by atoms with van der Waals surface area (Å²) in [4.78, 5) is 4.55. The molecule has 2 nitrogen and oxygen atoms in total. The molecule has 1 aromatic carbocycles. The second kappa shape index (κ2) is 3.58. The Morgan fingerprint density at radius 2 is 2.13 bits per heavy atom. The molecule has 0 bridgehead atoms. The normalized spacial score (nSPS) is 16.3. The minimum Gasteiger partial charge on any atom is -0.316 e. The van der Waals surface area contributed by atoms with Crippen molar-refractivity contribution >= 4 is 21.6 Å². The van der Waals surface area contributed by atoms with Gasteiger partial charge < -0.3 is 5.32 Å². The number of aromatic nitrogens is 1. The molecule has 3 rings (SSSR count). The zero-order valence-corrected chi connectivity index (χ0v) is 9.66. The number of nitrogens with zero attached hydrogens (tertiary/aromatic N) is 1. The Morgan fingerprint density at radius 1 is 1.27 bits per heavy atom. The van der Waals surface area contributed by atoms with Gasteiger partial charge in [-0.2, -0.15) is 0 Å². The Morgan fingerprint density at radius 3 is 3.07 bits per heavy atom. The maximum atomic E-state index is 4.55. The first-order chi connectivity index (χ1) is 7.34. The summed E-state index contributed by atoms with van der Waals surface area (Å²) in [6.45, 7) is 4.30. The van der Waals surface area contributed by atoms with Crippen molar-refractivity contribution < 1.29 is 0 Å². The highest BCUT2D eigenvalue weighted by Gasteiger charge is 2.13. The van der Waals surface area contributed by atoms with E-state index in [9.17, 15) is 0 Å². The van der Waals surface area contributed by atoms with E-state index in [0.717, 1.165) is 25.9 Å². The summed E-state index contributed by atoms with van der Waals surface area (Å²) < 4.78 is 1.41. The predicted molar refractivity (Wildman–Crippen MR) is 64.6 cm³/mol. The molecule has 2 aromatic rings. The van der Waals surface area contributed by atoms with Crippen molar-refractivity contribution in [1.82, 2.24) is 10.3 Å². The van der Waals surface area contributed by atoms with Crippen molar-refractivity contribution in [2.45, 2.75) is 19.8 Å². The Kier molecular flexibility index (Phi) is 2.22. The smallest absolute Gasteiger partial charge is 0.0907 e. The lowest BCUT2D eigenvalue weighted by molar-refractivity contribution is 0.711. The number of nitrogens with one attached hydrogen (secondary N) is 1. The first-order valence-corrected chi connectivity index (χ1v) is 6.25. The van der Waals surface area contributed by atoms with Gasteiger partial charge in [0.1, 0.15) is 0 Å². The molecule has 78 valence electrons. The van der Waals surface area contributed by atoms with E-state index in [1.54, 1.807) is 0 Å². The van der Waals surface area contributed by atoms with Crippen LogP contribution in [0.4, 0.5) is 0 Å². The molecule has 15 heavy (non-hydrogen) atoms. The molecule has 0 fully saturated rings. The van der Waals surface area contributed by atoms with E-state index >= 15 is 0 Å². The van der Waals surface area contributed by atoms with Gasteiger partial charge in [0.2, 0.25) is 0 Å². The van der Waals surface area contributed by atoms with Gasteiger partial charge >= 0.3 is 0 Å². The molecule has 0 spiro atoms. The SMILES string of the molecule is Cc1nc2ccc3c(c2s1)CCNCC3. The summed E-state index contributed by atoms with van der Waals surface area (Å²) in [6, 6.07) is 4.42. The van der Waals surface area contributed by atoms with Gasteiger partial charge in [0, 0.05) is 0 Å². The average molecular weight is 218 g/mol. The third-order valence-electron chi connectivity index (χ3n) is 2.99. The van der Waals surface area contributed by atoms with Crippen molar-refractivity contribution in [2.24, 2.45) is 0 Å². The van der Waals surface area contributed by atoms with Crippen LogP contribution in [0.15, 0.2) is 12.1 Å². The molecule has 0 aliphatic carbocycles. The minimum absolute atomic E-state index is 1.10. The monoisotopic (exact) mass is 218 g/mol. The quantitative estimate of drug-likeness (QED) is 0.734. The summed E-state index contributed by atoms with van der Waals surface area (Å²) >= 11 is 1.84. The highest BCUT2D eigenvalue weighted by molar-refractivity contribution is 7.18. The third kappa shape index (κ3) is 1.56. The van der Waals surface area contributed by atoms with Crippen molar-refractivity contribution in [2.75, 3.05) is 13.1 Å². The maximum absolute atomic E-state index is 4.55. The van der Waals surface area contributed by atoms with Crippen LogP contribution in [0.1, 0.15) is 16.1 Å². The first-order valence-electron chi connectivity index (χ1n) is 5.43. The van der Waals surface area contributed by atoms with Crippen LogP contribution >= 0.6 is 11.3 Å². The average Bonchev–Trinajstić information content (AvgIpc) is 2.48. The molecule has 0 unspecified atom stereocenters. The predicted octanol–water partition coefficient (Wildman–Crippen LogP) is 2.29. The standard InChI is InChI=1S/C12H14N2S/c1-8-14-11-3-2-9-4-6-13-7-5-10(9)12(11)15-8/h2-3,13H,4-7H2,1H3. The van der Waals surface area contributed by atoms with E-state index in [1.165, 1.54) is 26.4 Å². The molecule has 0 saturated heterocycles. The van der Waals surface area contributed by atoms with Gasteiger partial charge in [0.05, 0.1) is 15.2 Å². The Bertz CT molecular complexity index is 502. The molecule has 1 aromatic heterocycles. The molecule has 0 atom stereocenters. The zero-order chi connectivity index (χ0) is 10.3. The van der Waals surface area contributed by atoms with Gasteiger partial charge in [-0.15, -0.1) is 11.3 Å². The van der Waals surface area contributed by atoms with E-state index in [2.05, 4.69) is 29.4 Å². The van der Waals surface area contributed by atoms with Gasteiger partial charge in [-0.05, 0) is 50.0 Å². The van der Waals surface area contributed by atoms with Crippen LogP contribution in [0.5, 0.6) is 0 Å². The van der Waals surface area contributed by atoms with E-state index < -0.39 is 0 Å². The summed E-state index contributed by atoms with van der Waals surface area (Å²) in [7, 11) is 0. The molecular formula is C12H14N2S. The fourth-order valence-corrected chi connectivity index (χ4v) is 3.28. The summed E-state index contributed by atoms with van der Waals surface area (Å²) in [5, 5.41) is 4.63. The molecule has 1 N–H and O–H groups in total. The Labute approximate surface area is 93.3 Å². The molecule has 1 aliphatic heterocycles. The summed E-state index contributed by atoms with van der Waals surface area (Å²) in [6.07, 6.45) is 2.30. The van der Waals surface area contributed by atoms with Crippen LogP contribution in [0.3, 0.4) is 0 Å². The second-order valence-corrected chi connectivity index (χ2v) is 5.24. The third-order valence-corrected chi connectivity index (χ3v) is 4.03. The number of hydrogen-bond acceptors (Lipinski definition) is 3. The van der Waals surface area contributed by atoms with E-state index in [4.69, 9.17) is 0 Å². The number of fused-ring (bicyclic) bond motifs is 3. The lowest BCUT2D eigenvalue weighted by atomic mass is 10.0. The molecule has 0 radical (unpaired) electrons. The Balaban J connectivity index is 2.26. The second-order valence-electron chi connectivity index (χ2n) is 4.03. The number of benzene rings is 1. The highest BCUT2D eigenvalue weighted by atomic mass is 32.1. The number of hydrogen-bond donors (Lipinski definition) is 1. The summed E-state index contributed by atoms with van der Waals surface area (Å²) in [5.41, 5.74) is 4.22. The van der Waals surface area contributed by atoms with Crippen LogP contribution < -0.4 is 5.32 Å². The molecule has 0 saturated carbocycles. The first kappa shape index (κ1) is 9.31. The fraction of sp³-hybridized carbons (Fsp3) is 0.417. The number of thiazole rings is 1. The van der Waals surface area contributed by atoms with Crippen LogP contribution in [0.2, 0.25) is 0 Å². The molecular weight excluding hydrogens is 204 g/mol. The molecule has 2 heterocycles. The minimum atomic E-state index is 1.10.